The van der Waals surface area contributed by atoms with E-state index < -0.39 is 11.7 Å². The Bertz CT molecular complexity index is 409. The van der Waals surface area contributed by atoms with E-state index in [0.29, 0.717) is 0 Å². The number of rotatable bonds is 3. The van der Waals surface area contributed by atoms with Crippen LogP contribution in [0.25, 0.3) is 0 Å². The quantitative estimate of drug-likeness (QED) is 0.896. The normalized spacial score (nSPS) is 11.4. The molecule has 0 saturated carbocycles. The van der Waals surface area contributed by atoms with Crippen molar-refractivity contribution in [3.05, 3.63) is 29.8 Å². The van der Waals surface area contributed by atoms with Gasteiger partial charge in [-0.05, 0) is 46.5 Å². The molecule has 4 heteroatoms. The lowest BCUT2D eigenvalue weighted by Gasteiger charge is -2.21. The monoisotopic (exact) mass is 250 g/mol. The first kappa shape index (κ1) is 14.5. The van der Waals surface area contributed by atoms with Crippen LogP contribution in [0.4, 0.5) is 10.5 Å². The molecule has 0 spiro atoms. The molecular weight excluding hydrogens is 228 g/mol. The third kappa shape index (κ3) is 5.19. The highest BCUT2D eigenvalue weighted by atomic mass is 16.6. The number of hydrogen-bond donors (Lipinski definition) is 1. The molecule has 0 radical (unpaired) electrons. The van der Waals surface area contributed by atoms with Gasteiger partial charge in [0.1, 0.15) is 5.60 Å². The first-order chi connectivity index (χ1) is 8.28. The van der Waals surface area contributed by atoms with E-state index in [-0.39, 0.29) is 0 Å². The molecule has 0 fully saturated rings. The van der Waals surface area contributed by atoms with E-state index in [2.05, 4.69) is 10.2 Å². The fourth-order valence-electron chi connectivity index (χ4n) is 1.53. The van der Waals surface area contributed by atoms with Crippen molar-refractivity contribution in [1.82, 2.24) is 4.90 Å². The molecule has 1 amide bonds. The molecular formula is C14H22N2O2. The number of carbonyl (C=O) groups excluding carboxylic acids is 1. The van der Waals surface area contributed by atoms with Gasteiger partial charge in [0.25, 0.3) is 0 Å². The molecule has 0 aliphatic rings. The smallest absolute Gasteiger partial charge is 0.412 e. The fourth-order valence-corrected chi connectivity index (χ4v) is 1.53. The van der Waals surface area contributed by atoms with E-state index in [9.17, 15) is 4.79 Å². The lowest BCUT2D eigenvalue weighted by Crippen LogP contribution is -2.27. The average Bonchev–Trinajstić information content (AvgIpc) is 2.17. The number of hydrogen-bond acceptors (Lipinski definition) is 3. The summed E-state index contributed by atoms with van der Waals surface area (Å²) in [7, 11) is 3.98. The van der Waals surface area contributed by atoms with E-state index in [0.717, 1.165) is 17.8 Å². The summed E-state index contributed by atoms with van der Waals surface area (Å²) in [5, 5.41) is 2.78. The Morgan fingerprint density at radius 3 is 2.44 bits per heavy atom. The van der Waals surface area contributed by atoms with Gasteiger partial charge in [-0.25, -0.2) is 4.79 Å². The van der Waals surface area contributed by atoms with Crippen LogP contribution in [0.3, 0.4) is 0 Å². The third-order valence-corrected chi connectivity index (χ3v) is 2.14. The Hall–Kier alpha value is -1.55. The number of carbonyl (C=O) groups is 1. The number of nitrogens with zero attached hydrogens (tertiary/aromatic N) is 1. The van der Waals surface area contributed by atoms with Crippen molar-refractivity contribution in [1.29, 1.82) is 0 Å². The molecule has 0 aliphatic heterocycles. The first-order valence-corrected chi connectivity index (χ1v) is 6.00. The van der Waals surface area contributed by atoms with Gasteiger partial charge in [0.15, 0.2) is 0 Å². The molecule has 0 unspecified atom stereocenters. The Morgan fingerprint density at radius 1 is 1.28 bits per heavy atom. The van der Waals surface area contributed by atoms with Crippen LogP contribution in [0.15, 0.2) is 24.3 Å². The minimum atomic E-state index is -0.486. The second-order valence-corrected chi connectivity index (χ2v) is 5.52. The van der Waals surface area contributed by atoms with Crippen LogP contribution in [0.2, 0.25) is 0 Å². The molecule has 0 heterocycles. The minimum absolute atomic E-state index is 0.422. The van der Waals surface area contributed by atoms with E-state index in [1.165, 1.54) is 0 Å². The standard InChI is InChI=1S/C14H22N2O2/c1-14(2,3)18-13(17)15-12-9-7-6-8-11(12)10-16(4)5/h6-9H,10H2,1-5H3,(H,15,17). The summed E-state index contributed by atoms with van der Waals surface area (Å²) >= 11 is 0. The van der Waals surface area contributed by atoms with Crippen molar-refractivity contribution in [2.45, 2.75) is 32.9 Å². The van der Waals surface area contributed by atoms with Gasteiger partial charge < -0.3 is 9.64 Å². The summed E-state index contributed by atoms with van der Waals surface area (Å²) in [6.45, 7) is 6.31. The average molecular weight is 250 g/mol. The zero-order chi connectivity index (χ0) is 13.8. The maximum Gasteiger partial charge on any atom is 0.412 e. The highest BCUT2D eigenvalue weighted by Crippen LogP contribution is 2.17. The lowest BCUT2D eigenvalue weighted by atomic mass is 10.1. The molecule has 4 nitrogen and oxygen atoms in total. The van der Waals surface area contributed by atoms with Crippen LogP contribution in [0.5, 0.6) is 0 Å². The Morgan fingerprint density at radius 2 is 1.89 bits per heavy atom. The van der Waals surface area contributed by atoms with Gasteiger partial charge in [-0.1, -0.05) is 18.2 Å². The van der Waals surface area contributed by atoms with Crippen molar-refractivity contribution in [3.8, 4) is 0 Å². The largest absolute Gasteiger partial charge is 0.444 e. The number of nitrogens with one attached hydrogen (secondary N) is 1. The zero-order valence-corrected chi connectivity index (χ0v) is 11.8. The van der Waals surface area contributed by atoms with Crippen molar-refractivity contribution >= 4 is 11.8 Å². The van der Waals surface area contributed by atoms with Gasteiger partial charge >= 0.3 is 6.09 Å². The van der Waals surface area contributed by atoms with Crippen LogP contribution >= 0.6 is 0 Å². The number of ether oxygens (including phenoxy) is 1. The number of anilines is 1. The van der Waals surface area contributed by atoms with E-state index >= 15 is 0 Å². The summed E-state index contributed by atoms with van der Waals surface area (Å²) in [6.07, 6.45) is -0.422. The Labute approximate surface area is 109 Å². The number of benzene rings is 1. The maximum atomic E-state index is 11.7. The molecule has 1 aromatic rings. The second kappa shape index (κ2) is 5.87. The molecule has 0 bridgehead atoms. The van der Waals surface area contributed by atoms with Crippen LogP contribution in [-0.4, -0.2) is 30.7 Å². The fraction of sp³-hybridized carbons (Fsp3) is 0.500. The van der Waals surface area contributed by atoms with Gasteiger partial charge in [-0.2, -0.15) is 0 Å². The molecule has 0 aromatic heterocycles. The molecule has 0 atom stereocenters. The SMILES string of the molecule is CN(C)Cc1ccccc1NC(=O)OC(C)(C)C. The summed E-state index contributed by atoms with van der Waals surface area (Å²) in [6, 6.07) is 7.72. The second-order valence-electron chi connectivity index (χ2n) is 5.52. The molecule has 1 rings (SSSR count). The minimum Gasteiger partial charge on any atom is -0.444 e. The number of amides is 1. The molecule has 1 aromatic carbocycles. The van der Waals surface area contributed by atoms with Gasteiger partial charge in [0, 0.05) is 12.2 Å². The zero-order valence-electron chi connectivity index (χ0n) is 11.8. The van der Waals surface area contributed by atoms with Gasteiger partial charge in [0.05, 0.1) is 0 Å². The van der Waals surface area contributed by atoms with Gasteiger partial charge in [-0.15, -0.1) is 0 Å². The van der Waals surface area contributed by atoms with Crippen LogP contribution in [0.1, 0.15) is 26.3 Å². The number of para-hydroxylation sites is 1. The van der Waals surface area contributed by atoms with Crippen LogP contribution < -0.4 is 5.32 Å². The highest BCUT2D eigenvalue weighted by molar-refractivity contribution is 5.85. The van der Waals surface area contributed by atoms with Gasteiger partial charge in [0.2, 0.25) is 0 Å². The van der Waals surface area contributed by atoms with Crippen molar-refractivity contribution in [2.75, 3.05) is 19.4 Å². The molecule has 0 saturated heterocycles. The van der Waals surface area contributed by atoms with E-state index in [1.807, 2.05) is 59.1 Å². The Kier molecular flexibility index (Phi) is 4.73. The molecule has 18 heavy (non-hydrogen) atoms. The lowest BCUT2D eigenvalue weighted by molar-refractivity contribution is 0.0635. The van der Waals surface area contributed by atoms with Crippen LogP contribution in [0, 0.1) is 0 Å². The van der Waals surface area contributed by atoms with Crippen molar-refractivity contribution < 1.29 is 9.53 Å². The highest BCUT2D eigenvalue weighted by Gasteiger charge is 2.17. The van der Waals surface area contributed by atoms with Gasteiger partial charge in [-0.3, -0.25) is 5.32 Å². The summed E-state index contributed by atoms with van der Waals surface area (Å²) < 4.78 is 5.24. The van der Waals surface area contributed by atoms with Crippen LogP contribution in [-0.2, 0) is 11.3 Å². The Balaban J connectivity index is 2.75. The van der Waals surface area contributed by atoms with E-state index in [4.69, 9.17) is 4.74 Å². The first-order valence-electron chi connectivity index (χ1n) is 6.00. The predicted octanol–water partition coefficient (Wildman–Crippen LogP) is 3.10. The topological polar surface area (TPSA) is 41.6 Å². The molecule has 100 valence electrons. The van der Waals surface area contributed by atoms with Crippen molar-refractivity contribution in [2.24, 2.45) is 0 Å². The van der Waals surface area contributed by atoms with Crippen molar-refractivity contribution in [3.63, 3.8) is 0 Å². The molecule has 0 aliphatic carbocycles. The third-order valence-electron chi connectivity index (χ3n) is 2.14. The maximum absolute atomic E-state index is 11.7. The predicted molar refractivity (Wildman–Crippen MR) is 73.7 cm³/mol. The molecule has 1 N–H and O–H groups in total. The van der Waals surface area contributed by atoms with E-state index in [1.54, 1.807) is 0 Å². The summed E-state index contributed by atoms with van der Waals surface area (Å²) in [4.78, 5) is 13.8. The summed E-state index contributed by atoms with van der Waals surface area (Å²) in [5.74, 6) is 0. The summed E-state index contributed by atoms with van der Waals surface area (Å²) in [5.41, 5.74) is 1.37.